The van der Waals surface area contributed by atoms with E-state index in [0.29, 0.717) is 23.1 Å². The zero-order valence-electron chi connectivity index (χ0n) is 11.6. The maximum absolute atomic E-state index is 11.9. The molecule has 0 amide bonds. The largest absolute Gasteiger partial charge is 0.456 e. The van der Waals surface area contributed by atoms with Crippen LogP contribution in [-0.4, -0.2) is 24.9 Å². The fraction of sp³-hybridized carbons (Fsp3) is 0.286. The van der Waals surface area contributed by atoms with Crippen molar-refractivity contribution >= 4 is 28.9 Å². The first-order chi connectivity index (χ1) is 10.7. The zero-order chi connectivity index (χ0) is 15.5. The molecule has 8 heteroatoms. The molecular weight excluding hydrogens is 330 g/mol. The molecule has 0 unspecified atom stereocenters. The van der Waals surface area contributed by atoms with Crippen LogP contribution in [0.3, 0.4) is 0 Å². The third-order valence-corrected chi connectivity index (χ3v) is 3.99. The number of hydrogen-bond acceptors (Lipinski definition) is 7. The van der Waals surface area contributed by atoms with E-state index in [1.807, 2.05) is 0 Å². The Balaban J connectivity index is 1.64. The van der Waals surface area contributed by atoms with E-state index in [1.54, 1.807) is 24.6 Å². The molecule has 0 spiro atoms. The van der Waals surface area contributed by atoms with Crippen molar-refractivity contribution in [2.24, 2.45) is 0 Å². The number of fused-ring (bicyclic) bond motifs is 1. The highest BCUT2D eigenvalue weighted by Gasteiger charge is 2.19. The Kier molecular flexibility index (Phi) is 4.47. The van der Waals surface area contributed by atoms with E-state index >= 15 is 0 Å². The quantitative estimate of drug-likeness (QED) is 0.779. The number of halogens is 1. The maximum Gasteiger partial charge on any atom is 0.358 e. The lowest BCUT2D eigenvalue weighted by atomic mass is 10.2. The van der Waals surface area contributed by atoms with Gasteiger partial charge in [0.2, 0.25) is 6.79 Å². The number of esters is 1. The lowest BCUT2D eigenvalue weighted by molar-refractivity contribution is 0.0465. The van der Waals surface area contributed by atoms with Gasteiger partial charge in [-0.1, -0.05) is 11.6 Å². The number of rotatable bonds is 5. The molecule has 0 bridgehead atoms. The molecule has 0 aliphatic carbocycles. The van der Waals surface area contributed by atoms with Gasteiger partial charge in [0, 0.05) is 12.5 Å². The molecule has 1 aliphatic rings. The third-order valence-electron chi connectivity index (χ3n) is 2.89. The first-order valence-electron chi connectivity index (χ1n) is 6.36. The number of carbonyl (C=O) groups excluding carboxylic acids is 1. The zero-order valence-corrected chi connectivity index (χ0v) is 13.2. The standard InChI is InChI=1S/C14H12ClNO5S/c1-18-5-12-16-10(6-22-12)14(17)19-4-8-2-9(15)13-11(3-8)20-7-21-13/h2-3,6H,4-5,7H2,1H3. The minimum Gasteiger partial charge on any atom is -0.456 e. The molecule has 116 valence electrons. The Hall–Kier alpha value is -1.83. The molecular formula is C14H12ClNO5S. The average molecular weight is 342 g/mol. The van der Waals surface area contributed by atoms with Crippen LogP contribution in [0, 0.1) is 0 Å². The first kappa shape index (κ1) is 15.1. The van der Waals surface area contributed by atoms with Crippen molar-refractivity contribution in [1.82, 2.24) is 4.98 Å². The second-order valence-corrected chi connectivity index (χ2v) is 5.80. The summed E-state index contributed by atoms with van der Waals surface area (Å²) in [5, 5.41) is 2.79. The highest BCUT2D eigenvalue weighted by atomic mass is 35.5. The molecule has 22 heavy (non-hydrogen) atoms. The minimum atomic E-state index is -0.493. The predicted molar refractivity (Wildman–Crippen MR) is 79.5 cm³/mol. The number of carbonyl (C=O) groups is 1. The van der Waals surface area contributed by atoms with Crippen molar-refractivity contribution in [3.05, 3.63) is 38.8 Å². The van der Waals surface area contributed by atoms with Gasteiger partial charge in [0.15, 0.2) is 17.2 Å². The molecule has 0 atom stereocenters. The van der Waals surface area contributed by atoms with Crippen molar-refractivity contribution < 1.29 is 23.7 Å². The number of ether oxygens (including phenoxy) is 4. The van der Waals surface area contributed by atoms with Gasteiger partial charge in [-0.3, -0.25) is 0 Å². The Bertz CT molecular complexity index is 703. The number of hydrogen-bond donors (Lipinski definition) is 0. The van der Waals surface area contributed by atoms with Crippen LogP contribution in [0.4, 0.5) is 0 Å². The normalized spacial score (nSPS) is 12.5. The van der Waals surface area contributed by atoms with Crippen molar-refractivity contribution in [3.8, 4) is 11.5 Å². The van der Waals surface area contributed by atoms with E-state index in [1.165, 1.54) is 11.3 Å². The summed E-state index contributed by atoms with van der Waals surface area (Å²) in [6, 6.07) is 3.42. The molecule has 1 aromatic carbocycles. The van der Waals surface area contributed by atoms with Gasteiger partial charge in [0.25, 0.3) is 0 Å². The number of thiazole rings is 1. The fourth-order valence-corrected chi connectivity index (χ4v) is 2.94. The summed E-state index contributed by atoms with van der Waals surface area (Å²) in [5.74, 6) is 0.572. The highest BCUT2D eigenvalue weighted by Crippen LogP contribution is 2.39. The van der Waals surface area contributed by atoms with Crippen molar-refractivity contribution in [2.75, 3.05) is 13.9 Å². The summed E-state index contributed by atoms with van der Waals surface area (Å²) in [4.78, 5) is 16.1. The first-order valence-corrected chi connectivity index (χ1v) is 7.61. The average Bonchev–Trinajstić information content (AvgIpc) is 3.14. The summed E-state index contributed by atoms with van der Waals surface area (Å²) in [6.07, 6.45) is 0. The van der Waals surface area contributed by atoms with Crippen LogP contribution in [0.25, 0.3) is 0 Å². The smallest absolute Gasteiger partial charge is 0.358 e. The van der Waals surface area contributed by atoms with Gasteiger partial charge < -0.3 is 18.9 Å². The third kappa shape index (κ3) is 3.16. The van der Waals surface area contributed by atoms with Crippen LogP contribution < -0.4 is 9.47 Å². The van der Waals surface area contributed by atoms with Crippen LogP contribution in [0.1, 0.15) is 21.1 Å². The highest BCUT2D eigenvalue weighted by molar-refractivity contribution is 7.09. The Morgan fingerprint density at radius 3 is 3.09 bits per heavy atom. The van der Waals surface area contributed by atoms with E-state index in [4.69, 9.17) is 30.5 Å². The van der Waals surface area contributed by atoms with Gasteiger partial charge in [0.1, 0.15) is 11.6 Å². The lowest BCUT2D eigenvalue weighted by Gasteiger charge is -2.06. The summed E-state index contributed by atoms with van der Waals surface area (Å²) < 4.78 is 20.7. The number of nitrogens with zero attached hydrogens (tertiary/aromatic N) is 1. The molecule has 0 saturated carbocycles. The second-order valence-electron chi connectivity index (χ2n) is 4.45. The molecule has 6 nitrogen and oxygen atoms in total. The van der Waals surface area contributed by atoms with Crippen molar-refractivity contribution in [3.63, 3.8) is 0 Å². The van der Waals surface area contributed by atoms with Gasteiger partial charge in [0.05, 0.1) is 11.6 Å². The van der Waals surface area contributed by atoms with Gasteiger partial charge >= 0.3 is 5.97 Å². The molecule has 0 radical (unpaired) electrons. The molecule has 1 aromatic heterocycles. The fourth-order valence-electron chi connectivity index (χ4n) is 1.92. The molecule has 3 rings (SSSR count). The Morgan fingerprint density at radius 2 is 2.27 bits per heavy atom. The van der Waals surface area contributed by atoms with Crippen LogP contribution in [-0.2, 0) is 22.7 Å². The van der Waals surface area contributed by atoms with Crippen LogP contribution >= 0.6 is 22.9 Å². The van der Waals surface area contributed by atoms with Crippen molar-refractivity contribution in [1.29, 1.82) is 0 Å². The van der Waals surface area contributed by atoms with E-state index in [9.17, 15) is 4.79 Å². The van der Waals surface area contributed by atoms with Crippen LogP contribution in [0.15, 0.2) is 17.5 Å². The van der Waals surface area contributed by atoms with E-state index in [0.717, 1.165) is 10.6 Å². The Labute approximate surface area is 135 Å². The summed E-state index contributed by atoms with van der Waals surface area (Å²) in [6.45, 7) is 0.585. The number of aromatic nitrogens is 1. The van der Waals surface area contributed by atoms with Crippen LogP contribution in [0.2, 0.25) is 5.02 Å². The van der Waals surface area contributed by atoms with E-state index in [-0.39, 0.29) is 19.1 Å². The predicted octanol–water partition coefficient (Wildman–Crippen LogP) is 3.03. The van der Waals surface area contributed by atoms with Gasteiger partial charge in [-0.05, 0) is 17.7 Å². The number of benzene rings is 1. The van der Waals surface area contributed by atoms with Gasteiger partial charge in [-0.2, -0.15) is 0 Å². The SMILES string of the molecule is COCc1nc(C(=O)OCc2cc(Cl)c3c(c2)OCO3)cs1. The molecule has 2 aromatic rings. The molecule has 0 N–H and O–H groups in total. The monoisotopic (exact) mass is 341 g/mol. The molecule has 0 fully saturated rings. The van der Waals surface area contributed by atoms with Gasteiger partial charge in [-0.25, -0.2) is 9.78 Å². The summed E-state index contributed by atoms with van der Waals surface area (Å²) in [7, 11) is 1.57. The number of methoxy groups -OCH3 is 1. The van der Waals surface area contributed by atoms with Crippen molar-refractivity contribution in [2.45, 2.75) is 13.2 Å². The topological polar surface area (TPSA) is 66.9 Å². The van der Waals surface area contributed by atoms with Crippen LogP contribution in [0.5, 0.6) is 11.5 Å². The maximum atomic E-state index is 11.9. The summed E-state index contributed by atoms with van der Waals surface area (Å²) >= 11 is 7.42. The second kappa shape index (κ2) is 6.51. The van der Waals surface area contributed by atoms with E-state index < -0.39 is 5.97 Å². The summed E-state index contributed by atoms with van der Waals surface area (Å²) in [5.41, 5.74) is 0.985. The molecule has 2 heterocycles. The molecule has 1 aliphatic heterocycles. The molecule has 0 saturated heterocycles. The lowest BCUT2D eigenvalue weighted by Crippen LogP contribution is -2.06. The van der Waals surface area contributed by atoms with Gasteiger partial charge in [-0.15, -0.1) is 11.3 Å². The Morgan fingerprint density at radius 1 is 1.41 bits per heavy atom. The van der Waals surface area contributed by atoms with E-state index in [2.05, 4.69) is 4.98 Å². The minimum absolute atomic E-state index is 0.0757.